The van der Waals surface area contributed by atoms with E-state index >= 15 is 0 Å². The highest BCUT2D eigenvalue weighted by atomic mass is 16.5. The molecule has 2 N–H and O–H groups in total. The first-order chi connectivity index (χ1) is 11.0. The topological polar surface area (TPSA) is 87.1 Å². The van der Waals surface area contributed by atoms with Crippen molar-refractivity contribution in [3.8, 4) is 11.5 Å². The van der Waals surface area contributed by atoms with Crippen molar-refractivity contribution in [3.05, 3.63) is 59.2 Å². The van der Waals surface area contributed by atoms with Crippen LogP contribution in [0.1, 0.15) is 26.3 Å². The van der Waals surface area contributed by atoms with Crippen molar-refractivity contribution in [1.82, 2.24) is 4.90 Å². The van der Waals surface area contributed by atoms with E-state index in [0.29, 0.717) is 6.54 Å². The van der Waals surface area contributed by atoms with Crippen molar-refractivity contribution in [1.29, 1.82) is 0 Å². The molecule has 2 rings (SSSR count). The van der Waals surface area contributed by atoms with Gasteiger partial charge in [0.2, 0.25) is 0 Å². The van der Waals surface area contributed by atoms with Crippen molar-refractivity contribution in [2.45, 2.75) is 6.54 Å². The summed E-state index contributed by atoms with van der Waals surface area (Å²) in [7, 11) is 2.74. The largest absolute Gasteiger partial charge is 0.504 e. The van der Waals surface area contributed by atoms with Crippen molar-refractivity contribution in [2.75, 3.05) is 14.2 Å². The second-order valence-corrected chi connectivity index (χ2v) is 5.00. The van der Waals surface area contributed by atoms with E-state index in [1.165, 1.54) is 17.0 Å². The number of methoxy groups -OCH3 is 1. The van der Waals surface area contributed by atoms with Gasteiger partial charge in [0.25, 0.3) is 5.91 Å². The average molecular weight is 315 g/mol. The lowest BCUT2D eigenvalue weighted by Crippen LogP contribution is -2.26. The van der Waals surface area contributed by atoms with Crippen molar-refractivity contribution in [3.63, 3.8) is 0 Å². The van der Waals surface area contributed by atoms with Crippen LogP contribution < -0.4 is 0 Å². The molecule has 0 heterocycles. The third-order valence-corrected chi connectivity index (χ3v) is 3.40. The van der Waals surface area contributed by atoms with Crippen molar-refractivity contribution in [2.24, 2.45) is 0 Å². The predicted octanol–water partition coefficient (Wildman–Crippen LogP) is 2.16. The third-order valence-electron chi connectivity index (χ3n) is 3.40. The molecule has 0 saturated carbocycles. The number of rotatable bonds is 4. The number of hydrogen-bond acceptors (Lipinski definition) is 5. The monoisotopic (exact) mass is 315 g/mol. The van der Waals surface area contributed by atoms with E-state index in [9.17, 15) is 19.8 Å². The van der Waals surface area contributed by atoms with Gasteiger partial charge in [-0.25, -0.2) is 4.79 Å². The number of carbonyl (C=O) groups is 2. The van der Waals surface area contributed by atoms with Gasteiger partial charge >= 0.3 is 5.97 Å². The number of amides is 1. The van der Waals surface area contributed by atoms with Crippen molar-refractivity contribution < 1.29 is 24.5 Å². The lowest BCUT2D eigenvalue weighted by Gasteiger charge is -2.18. The summed E-state index contributed by atoms with van der Waals surface area (Å²) in [4.78, 5) is 25.3. The van der Waals surface area contributed by atoms with Crippen LogP contribution >= 0.6 is 0 Å². The molecule has 0 aliphatic rings. The van der Waals surface area contributed by atoms with Gasteiger partial charge in [0.15, 0.2) is 11.5 Å². The van der Waals surface area contributed by atoms with Gasteiger partial charge in [-0.05, 0) is 17.7 Å². The molecule has 0 radical (unpaired) electrons. The fourth-order valence-corrected chi connectivity index (χ4v) is 2.16. The maximum absolute atomic E-state index is 12.4. The van der Waals surface area contributed by atoms with Crippen LogP contribution in [0.2, 0.25) is 0 Å². The lowest BCUT2D eigenvalue weighted by atomic mass is 10.1. The molecule has 0 unspecified atom stereocenters. The van der Waals surface area contributed by atoms with Crippen LogP contribution in [0, 0.1) is 0 Å². The second-order valence-electron chi connectivity index (χ2n) is 5.00. The molecular formula is C17H17NO5. The average Bonchev–Trinajstić information content (AvgIpc) is 2.57. The summed E-state index contributed by atoms with van der Waals surface area (Å²) in [5, 5.41) is 19.9. The standard InChI is InChI=1S/C17H17NO5/c1-18(10-11-6-4-3-5-7-11)16(21)12-8-9-13(17(22)23-2)15(20)14(12)19/h3-9,19-20H,10H2,1-2H3. The first-order valence-electron chi connectivity index (χ1n) is 6.88. The molecule has 1 amide bonds. The Morgan fingerprint density at radius 2 is 1.57 bits per heavy atom. The molecule has 0 aromatic heterocycles. The third kappa shape index (κ3) is 3.42. The Hall–Kier alpha value is -3.02. The van der Waals surface area contributed by atoms with Gasteiger partial charge in [-0.15, -0.1) is 0 Å². The molecule has 2 aromatic carbocycles. The zero-order valence-electron chi connectivity index (χ0n) is 12.8. The molecule has 120 valence electrons. The SMILES string of the molecule is COC(=O)c1ccc(C(=O)N(C)Cc2ccccc2)c(O)c1O. The summed E-state index contributed by atoms with van der Waals surface area (Å²) in [5.74, 6) is -2.58. The Morgan fingerprint density at radius 1 is 1.00 bits per heavy atom. The van der Waals surface area contributed by atoms with E-state index in [1.807, 2.05) is 30.3 Å². The normalized spacial score (nSPS) is 10.2. The second kappa shape index (κ2) is 6.83. The fraction of sp³-hybridized carbons (Fsp3) is 0.176. The van der Waals surface area contributed by atoms with E-state index in [4.69, 9.17) is 0 Å². The Bertz CT molecular complexity index is 727. The van der Waals surface area contributed by atoms with Crippen LogP contribution in [-0.2, 0) is 11.3 Å². The quantitative estimate of drug-likeness (QED) is 0.667. The minimum Gasteiger partial charge on any atom is -0.504 e. The van der Waals surface area contributed by atoms with Crippen LogP contribution in [0.15, 0.2) is 42.5 Å². The van der Waals surface area contributed by atoms with Gasteiger partial charge in [0, 0.05) is 13.6 Å². The molecule has 6 nitrogen and oxygen atoms in total. The maximum Gasteiger partial charge on any atom is 0.341 e. The first-order valence-corrected chi connectivity index (χ1v) is 6.88. The van der Waals surface area contributed by atoms with Gasteiger partial charge in [0.1, 0.15) is 5.56 Å². The fourth-order valence-electron chi connectivity index (χ4n) is 2.16. The van der Waals surface area contributed by atoms with Crippen LogP contribution in [0.3, 0.4) is 0 Å². The highest BCUT2D eigenvalue weighted by Gasteiger charge is 2.23. The van der Waals surface area contributed by atoms with Crippen LogP contribution in [-0.4, -0.2) is 41.1 Å². The molecule has 6 heteroatoms. The number of phenolic OH excluding ortho intramolecular Hbond substituents is 2. The van der Waals surface area contributed by atoms with E-state index in [2.05, 4.69) is 4.74 Å². The molecule has 2 aromatic rings. The van der Waals surface area contributed by atoms with Gasteiger partial charge in [-0.3, -0.25) is 4.79 Å². The Balaban J connectivity index is 2.26. The molecule has 0 spiro atoms. The number of nitrogens with zero attached hydrogens (tertiary/aromatic N) is 1. The van der Waals surface area contributed by atoms with Gasteiger partial charge in [0.05, 0.1) is 12.7 Å². The number of phenols is 2. The van der Waals surface area contributed by atoms with Crippen LogP contribution in [0.25, 0.3) is 0 Å². The highest BCUT2D eigenvalue weighted by Crippen LogP contribution is 2.33. The number of ether oxygens (including phenoxy) is 1. The number of esters is 1. The van der Waals surface area contributed by atoms with Crippen molar-refractivity contribution >= 4 is 11.9 Å². The highest BCUT2D eigenvalue weighted by molar-refractivity contribution is 6.01. The minimum absolute atomic E-state index is 0.0893. The summed E-state index contributed by atoms with van der Waals surface area (Å²) in [6.45, 7) is 0.346. The molecular weight excluding hydrogens is 298 g/mol. The van der Waals surface area contributed by atoms with Gasteiger partial charge in [-0.2, -0.15) is 0 Å². The van der Waals surface area contributed by atoms with E-state index in [0.717, 1.165) is 12.7 Å². The molecule has 0 aliphatic heterocycles. The van der Waals surface area contributed by atoms with E-state index in [-0.39, 0.29) is 11.1 Å². The molecule has 0 atom stereocenters. The summed E-state index contributed by atoms with van der Waals surface area (Å²) in [6.07, 6.45) is 0. The van der Waals surface area contributed by atoms with Crippen LogP contribution in [0.4, 0.5) is 0 Å². The maximum atomic E-state index is 12.4. The number of carbonyl (C=O) groups excluding carboxylic acids is 2. The molecule has 23 heavy (non-hydrogen) atoms. The molecule has 0 saturated heterocycles. The Labute approximate surface area is 133 Å². The summed E-state index contributed by atoms with van der Waals surface area (Å²) < 4.78 is 4.49. The molecule has 0 aliphatic carbocycles. The number of benzene rings is 2. The molecule has 0 fully saturated rings. The van der Waals surface area contributed by atoms with E-state index in [1.54, 1.807) is 7.05 Å². The summed E-state index contributed by atoms with van der Waals surface area (Å²) >= 11 is 0. The minimum atomic E-state index is -0.797. The van der Waals surface area contributed by atoms with Gasteiger partial charge in [-0.1, -0.05) is 30.3 Å². The Kier molecular flexibility index (Phi) is 4.85. The number of hydrogen-bond donors (Lipinski definition) is 2. The number of aromatic hydroxyl groups is 2. The Morgan fingerprint density at radius 3 is 2.17 bits per heavy atom. The zero-order valence-corrected chi connectivity index (χ0v) is 12.8. The van der Waals surface area contributed by atoms with E-state index < -0.39 is 23.4 Å². The lowest BCUT2D eigenvalue weighted by molar-refractivity contribution is 0.0595. The first kappa shape index (κ1) is 16.4. The smallest absolute Gasteiger partial charge is 0.341 e. The van der Waals surface area contributed by atoms with Crippen LogP contribution in [0.5, 0.6) is 11.5 Å². The summed E-state index contributed by atoms with van der Waals surface area (Å²) in [5.41, 5.74) is 0.638. The predicted molar refractivity (Wildman–Crippen MR) is 83.4 cm³/mol. The summed E-state index contributed by atoms with van der Waals surface area (Å²) in [6, 6.07) is 11.9. The zero-order chi connectivity index (χ0) is 17.0. The van der Waals surface area contributed by atoms with Gasteiger partial charge < -0.3 is 19.8 Å². The molecule has 0 bridgehead atoms.